The van der Waals surface area contributed by atoms with Gasteiger partial charge in [-0.3, -0.25) is 4.79 Å². The maximum absolute atomic E-state index is 11.4. The lowest BCUT2D eigenvalue weighted by Gasteiger charge is -2.04. The zero-order chi connectivity index (χ0) is 13.0. The molecule has 5 nitrogen and oxygen atoms in total. The quantitative estimate of drug-likeness (QED) is 0.646. The number of ether oxygens (including phenoxy) is 1. The van der Waals surface area contributed by atoms with Gasteiger partial charge >= 0.3 is 5.97 Å². The fourth-order valence-electron chi connectivity index (χ4n) is 1.16. The number of hydrogen-bond donors (Lipinski definition) is 1. The molecule has 0 aliphatic heterocycles. The van der Waals surface area contributed by atoms with Crippen molar-refractivity contribution in [3.05, 3.63) is 10.6 Å². The Morgan fingerprint density at radius 3 is 2.59 bits per heavy atom. The summed E-state index contributed by atoms with van der Waals surface area (Å²) in [5.74, 6) is -0.300. The molecule has 0 fully saturated rings. The third kappa shape index (κ3) is 3.52. The van der Waals surface area contributed by atoms with Crippen molar-refractivity contribution in [2.45, 2.75) is 20.8 Å². The predicted molar refractivity (Wildman–Crippen MR) is 66.8 cm³/mol. The molecule has 1 rings (SSSR count). The number of aromatic nitrogens is 1. The zero-order valence-electron chi connectivity index (χ0n) is 10.4. The molecule has 0 saturated carbocycles. The number of rotatable bonds is 5. The molecule has 94 valence electrons. The monoisotopic (exact) mass is 256 g/mol. The van der Waals surface area contributed by atoms with E-state index in [1.165, 1.54) is 25.4 Å². The van der Waals surface area contributed by atoms with Gasteiger partial charge in [0.05, 0.1) is 7.11 Å². The molecule has 0 unspecified atom stereocenters. The van der Waals surface area contributed by atoms with E-state index in [1.54, 1.807) is 0 Å². The number of carbonyl (C=O) groups excluding carboxylic acids is 2. The van der Waals surface area contributed by atoms with Gasteiger partial charge in [0.2, 0.25) is 0 Å². The van der Waals surface area contributed by atoms with E-state index in [4.69, 9.17) is 0 Å². The number of anilines is 1. The maximum Gasteiger partial charge on any atom is 0.358 e. The summed E-state index contributed by atoms with van der Waals surface area (Å²) in [5, 5.41) is 3.66. The van der Waals surface area contributed by atoms with Crippen molar-refractivity contribution in [1.29, 1.82) is 0 Å². The van der Waals surface area contributed by atoms with Crippen LogP contribution in [0.5, 0.6) is 0 Å². The molecular weight excluding hydrogens is 240 g/mol. The number of carbonyl (C=O) groups is 2. The molecule has 0 atom stereocenters. The molecule has 0 radical (unpaired) electrons. The maximum atomic E-state index is 11.4. The van der Waals surface area contributed by atoms with Crippen LogP contribution >= 0.6 is 11.3 Å². The fourth-order valence-corrected chi connectivity index (χ4v) is 2.02. The predicted octanol–water partition coefficient (Wildman–Crippen LogP) is 2.20. The summed E-state index contributed by atoms with van der Waals surface area (Å²) in [6, 6.07) is 0. The Hall–Kier alpha value is -1.43. The summed E-state index contributed by atoms with van der Waals surface area (Å²) in [6.45, 7) is 6.28. The Morgan fingerprint density at radius 1 is 1.47 bits per heavy atom. The number of methoxy groups -OCH3 is 1. The number of esters is 1. The first kappa shape index (κ1) is 13.6. The summed E-state index contributed by atoms with van der Waals surface area (Å²) in [6.07, 6.45) is 0. The SMILES string of the molecule is COC(=O)c1nc(NCC(C)C)sc1C(C)=O. The minimum absolute atomic E-state index is 0.0938. The Bertz CT molecular complexity index is 426. The summed E-state index contributed by atoms with van der Waals surface area (Å²) < 4.78 is 4.59. The third-order valence-corrected chi connectivity index (χ3v) is 3.10. The van der Waals surface area contributed by atoms with Crippen LogP contribution in [0.1, 0.15) is 40.9 Å². The molecule has 0 aliphatic rings. The van der Waals surface area contributed by atoms with Gasteiger partial charge < -0.3 is 10.1 Å². The molecule has 1 N–H and O–H groups in total. The van der Waals surface area contributed by atoms with E-state index in [9.17, 15) is 9.59 Å². The van der Waals surface area contributed by atoms with Crippen LogP contribution in [0.4, 0.5) is 5.13 Å². The second kappa shape index (κ2) is 5.77. The van der Waals surface area contributed by atoms with Crippen molar-refractivity contribution in [3.63, 3.8) is 0 Å². The molecule has 0 amide bonds. The van der Waals surface area contributed by atoms with Gasteiger partial charge in [-0.05, 0) is 5.92 Å². The van der Waals surface area contributed by atoms with Crippen LogP contribution in [-0.2, 0) is 4.74 Å². The second-order valence-electron chi connectivity index (χ2n) is 4.02. The van der Waals surface area contributed by atoms with E-state index >= 15 is 0 Å². The first-order valence-electron chi connectivity index (χ1n) is 5.29. The highest BCUT2D eigenvalue weighted by Crippen LogP contribution is 2.24. The van der Waals surface area contributed by atoms with Gasteiger partial charge in [0.1, 0.15) is 4.88 Å². The summed E-state index contributed by atoms with van der Waals surface area (Å²) >= 11 is 1.18. The minimum Gasteiger partial charge on any atom is -0.464 e. The molecule has 0 aliphatic carbocycles. The van der Waals surface area contributed by atoms with Gasteiger partial charge in [0.25, 0.3) is 0 Å². The van der Waals surface area contributed by atoms with Gasteiger partial charge in [-0.15, -0.1) is 0 Å². The molecule has 17 heavy (non-hydrogen) atoms. The van der Waals surface area contributed by atoms with Crippen LogP contribution in [-0.4, -0.2) is 30.4 Å². The fraction of sp³-hybridized carbons (Fsp3) is 0.545. The normalized spacial score (nSPS) is 10.4. The van der Waals surface area contributed by atoms with Crippen molar-refractivity contribution < 1.29 is 14.3 Å². The number of ketones is 1. The molecule has 1 aromatic heterocycles. The highest BCUT2D eigenvalue weighted by atomic mass is 32.1. The number of nitrogens with one attached hydrogen (secondary N) is 1. The van der Waals surface area contributed by atoms with Gasteiger partial charge in [-0.1, -0.05) is 25.2 Å². The molecule has 1 aromatic rings. The van der Waals surface area contributed by atoms with E-state index < -0.39 is 5.97 Å². The number of hydrogen-bond acceptors (Lipinski definition) is 6. The molecule has 0 aromatic carbocycles. The van der Waals surface area contributed by atoms with Crippen LogP contribution in [0.3, 0.4) is 0 Å². The van der Waals surface area contributed by atoms with Crippen molar-refractivity contribution in [2.75, 3.05) is 19.0 Å². The summed E-state index contributed by atoms with van der Waals surface area (Å²) in [5.41, 5.74) is 0.0938. The lowest BCUT2D eigenvalue weighted by molar-refractivity contribution is 0.0591. The van der Waals surface area contributed by atoms with E-state index in [-0.39, 0.29) is 11.5 Å². The smallest absolute Gasteiger partial charge is 0.358 e. The number of Topliss-reactive ketones (excluding diaryl/α,β-unsaturated/α-hetero) is 1. The first-order valence-corrected chi connectivity index (χ1v) is 6.11. The summed E-state index contributed by atoms with van der Waals surface area (Å²) in [4.78, 5) is 27.2. The highest BCUT2D eigenvalue weighted by molar-refractivity contribution is 7.17. The molecule has 0 saturated heterocycles. The Morgan fingerprint density at radius 2 is 2.12 bits per heavy atom. The Kier molecular flexibility index (Phi) is 4.62. The molecular formula is C11H16N2O3S. The van der Waals surface area contributed by atoms with Crippen LogP contribution in [0, 0.1) is 5.92 Å². The lowest BCUT2D eigenvalue weighted by atomic mass is 10.2. The van der Waals surface area contributed by atoms with Crippen molar-refractivity contribution in [1.82, 2.24) is 4.98 Å². The zero-order valence-corrected chi connectivity index (χ0v) is 11.2. The van der Waals surface area contributed by atoms with Crippen LogP contribution < -0.4 is 5.32 Å². The van der Waals surface area contributed by atoms with Gasteiger partial charge in [-0.25, -0.2) is 9.78 Å². The van der Waals surface area contributed by atoms with Crippen molar-refractivity contribution >= 4 is 28.2 Å². The van der Waals surface area contributed by atoms with E-state index in [0.717, 1.165) is 6.54 Å². The molecule has 6 heteroatoms. The largest absolute Gasteiger partial charge is 0.464 e. The third-order valence-electron chi connectivity index (χ3n) is 1.99. The second-order valence-corrected chi connectivity index (χ2v) is 5.02. The lowest BCUT2D eigenvalue weighted by Crippen LogP contribution is -2.09. The van der Waals surface area contributed by atoms with Crippen molar-refractivity contribution in [2.24, 2.45) is 5.92 Å². The van der Waals surface area contributed by atoms with E-state index in [1.807, 2.05) is 0 Å². The van der Waals surface area contributed by atoms with Gasteiger partial charge in [-0.2, -0.15) is 0 Å². The van der Waals surface area contributed by atoms with Gasteiger partial charge in [0.15, 0.2) is 16.6 Å². The van der Waals surface area contributed by atoms with E-state index in [2.05, 4.69) is 28.9 Å². The molecule has 1 heterocycles. The van der Waals surface area contributed by atoms with Crippen LogP contribution in [0.25, 0.3) is 0 Å². The Balaban J connectivity index is 2.96. The minimum atomic E-state index is -0.580. The average molecular weight is 256 g/mol. The van der Waals surface area contributed by atoms with Crippen molar-refractivity contribution in [3.8, 4) is 0 Å². The van der Waals surface area contributed by atoms with Crippen LogP contribution in [0.15, 0.2) is 0 Å². The van der Waals surface area contributed by atoms with E-state index in [0.29, 0.717) is 15.9 Å². The first-order chi connectivity index (χ1) is 7.95. The molecule has 0 spiro atoms. The van der Waals surface area contributed by atoms with Gasteiger partial charge in [0, 0.05) is 13.5 Å². The average Bonchev–Trinajstić information content (AvgIpc) is 2.69. The standard InChI is InChI=1S/C11H16N2O3S/c1-6(2)5-12-11-13-8(10(15)16-4)9(17-11)7(3)14/h6H,5H2,1-4H3,(H,12,13). The number of nitrogens with zero attached hydrogens (tertiary/aromatic N) is 1. The number of thiazole rings is 1. The highest BCUT2D eigenvalue weighted by Gasteiger charge is 2.21. The topological polar surface area (TPSA) is 68.3 Å². The molecule has 0 bridgehead atoms. The summed E-state index contributed by atoms with van der Waals surface area (Å²) in [7, 11) is 1.27. The Labute approximate surface area is 104 Å². The van der Waals surface area contributed by atoms with Crippen LogP contribution in [0.2, 0.25) is 0 Å².